The summed E-state index contributed by atoms with van der Waals surface area (Å²) in [6.45, 7) is 3.52. The van der Waals surface area contributed by atoms with Crippen molar-refractivity contribution in [2.45, 2.75) is 12.6 Å². The van der Waals surface area contributed by atoms with Gasteiger partial charge in [0.05, 0.1) is 19.3 Å². The smallest absolute Gasteiger partial charge is 0.309 e. The Balaban J connectivity index is 1.55. The van der Waals surface area contributed by atoms with E-state index in [0.717, 1.165) is 24.3 Å². The number of aryl methyl sites for hydroxylation is 1. The standard InChI is InChI=1S/C20H25ClN4O3/c1-24-8-2-3-17(24)18(25-9-11-28-12-10-25)14-23-20(27)19(26)22-13-15-4-6-16(21)7-5-15/h2-8,18H,9-14H2,1H3,(H,22,26)(H,23,27). The number of carbonyl (C=O) groups excluding carboxylic acids is 2. The highest BCUT2D eigenvalue weighted by Gasteiger charge is 2.25. The summed E-state index contributed by atoms with van der Waals surface area (Å²) in [5, 5.41) is 6.04. The third-order valence-corrected chi connectivity index (χ3v) is 5.09. The molecule has 1 aliphatic rings. The minimum atomic E-state index is -0.650. The highest BCUT2D eigenvalue weighted by molar-refractivity contribution is 6.35. The van der Waals surface area contributed by atoms with Crippen LogP contribution in [0.5, 0.6) is 0 Å². The molecular formula is C20H25ClN4O3. The third kappa shape index (κ3) is 5.34. The summed E-state index contributed by atoms with van der Waals surface area (Å²) >= 11 is 5.85. The van der Waals surface area contributed by atoms with Crippen molar-refractivity contribution in [1.29, 1.82) is 0 Å². The lowest BCUT2D eigenvalue weighted by molar-refractivity contribution is -0.139. The van der Waals surface area contributed by atoms with Crippen LogP contribution in [0.3, 0.4) is 0 Å². The second-order valence-corrected chi connectivity index (χ2v) is 7.16. The molecule has 3 rings (SSSR count). The Labute approximate surface area is 169 Å². The molecule has 150 valence electrons. The maximum atomic E-state index is 12.3. The first kappa shape index (κ1) is 20.4. The number of benzene rings is 1. The molecular weight excluding hydrogens is 380 g/mol. The van der Waals surface area contributed by atoms with Crippen LogP contribution in [0.15, 0.2) is 42.6 Å². The first-order valence-electron chi connectivity index (χ1n) is 9.28. The van der Waals surface area contributed by atoms with E-state index in [0.29, 0.717) is 24.8 Å². The maximum Gasteiger partial charge on any atom is 0.309 e. The predicted octanol–water partition coefficient (Wildman–Crippen LogP) is 1.48. The summed E-state index contributed by atoms with van der Waals surface area (Å²) < 4.78 is 7.47. The van der Waals surface area contributed by atoms with Gasteiger partial charge in [0.2, 0.25) is 0 Å². The van der Waals surface area contributed by atoms with Gasteiger partial charge in [0, 0.05) is 50.1 Å². The van der Waals surface area contributed by atoms with Gasteiger partial charge in [-0.1, -0.05) is 23.7 Å². The zero-order valence-electron chi connectivity index (χ0n) is 15.9. The summed E-state index contributed by atoms with van der Waals surface area (Å²) in [4.78, 5) is 26.7. The highest BCUT2D eigenvalue weighted by atomic mass is 35.5. The van der Waals surface area contributed by atoms with Crippen molar-refractivity contribution >= 4 is 23.4 Å². The zero-order valence-corrected chi connectivity index (χ0v) is 16.6. The number of morpholine rings is 1. The fraction of sp³-hybridized carbons (Fsp3) is 0.400. The van der Waals surface area contributed by atoms with Crippen molar-refractivity contribution in [2.24, 2.45) is 7.05 Å². The molecule has 0 bridgehead atoms. The molecule has 1 fully saturated rings. The third-order valence-electron chi connectivity index (χ3n) is 4.84. The predicted molar refractivity (Wildman–Crippen MR) is 107 cm³/mol. The largest absolute Gasteiger partial charge is 0.379 e. The zero-order chi connectivity index (χ0) is 19.9. The Morgan fingerprint density at radius 1 is 1.11 bits per heavy atom. The summed E-state index contributed by atoms with van der Waals surface area (Å²) in [5.41, 5.74) is 1.96. The van der Waals surface area contributed by atoms with E-state index in [9.17, 15) is 9.59 Å². The molecule has 1 atom stereocenters. The van der Waals surface area contributed by atoms with Crippen LogP contribution < -0.4 is 10.6 Å². The summed E-state index contributed by atoms with van der Waals surface area (Å²) in [5.74, 6) is -1.29. The van der Waals surface area contributed by atoms with E-state index in [-0.39, 0.29) is 12.6 Å². The molecule has 7 nitrogen and oxygen atoms in total. The van der Waals surface area contributed by atoms with Gasteiger partial charge in [-0.3, -0.25) is 14.5 Å². The van der Waals surface area contributed by atoms with E-state index in [1.54, 1.807) is 12.1 Å². The molecule has 2 aromatic rings. The van der Waals surface area contributed by atoms with E-state index in [4.69, 9.17) is 16.3 Å². The van der Waals surface area contributed by atoms with Gasteiger partial charge in [-0.25, -0.2) is 0 Å². The number of carbonyl (C=O) groups is 2. The van der Waals surface area contributed by atoms with Gasteiger partial charge in [-0.05, 0) is 29.8 Å². The first-order valence-corrected chi connectivity index (χ1v) is 9.66. The molecule has 1 aromatic heterocycles. The summed E-state index contributed by atoms with van der Waals surface area (Å²) in [6.07, 6.45) is 1.98. The van der Waals surface area contributed by atoms with Crippen LogP contribution in [-0.4, -0.2) is 54.1 Å². The number of nitrogens with zero attached hydrogens (tertiary/aromatic N) is 2. The molecule has 0 saturated carbocycles. The minimum Gasteiger partial charge on any atom is -0.379 e. The topological polar surface area (TPSA) is 75.6 Å². The molecule has 2 amide bonds. The highest BCUT2D eigenvalue weighted by Crippen LogP contribution is 2.21. The Kier molecular flexibility index (Phi) is 7.08. The van der Waals surface area contributed by atoms with Crippen LogP contribution in [-0.2, 0) is 27.9 Å². The van der Waals surface area contributed by atoms with Crippen molar-refractivity contribution in [3.05, 3.63) is 58.9 Å². The Morgan fingerprint density at radius 3 is 2.43 bits per heavy atom. The number of aromatic nitrogens is 1. The fourth-order valence-corrected chi connectivity index (χ4v) is 3.39. The maximum absolute atomic E-state index is 12.3. The summed E-state index contributed by atoms with van der Waals surface area (Å²) in [6, 6.07) is 11.1. The van der Waals surface area contributed by atoms with Crippen LogP contribution in [0.1, 0.15) is 17.3 Å². The van der Waals surface area contributed by atoms with Gasteiger partial charge in [0.25, 0.3) is 0 Å². The van der Waals surface area contributed by atoms with Gasteiger partial charge >= 0.3 is 11.8 Å². The molecule has 1 aliphatic heterocycles. The van der Waals surface area contributed by atoms with Gasteiger partial charge in [-0.15, -0.1) is 0 Å². The molecule has 2 heterocycles. The number of amides is 2. The van der Waals surface area contributed by atoms with Crippen molar-refractivity contribution in [1.82, 2.24) is 20.1 Å². The van der Waals surface area contributed by atoms with E-state index in [1.165, 1.54) is 0 Å². The molecule has 2 N–H and O–H groups in total. The normalized spacial score (nSPS) is 15.8. The molecule has 1 saturated heterocycles. The number of hydrogen-bond donors (Lipinski definition) is 2. The number of hydrogen-bond acceptors (Lipinski definition) is 4. The van der Waals surface area contributed by atoms with Gasteiger partial charge < -0.3 is 19.9 Å². The van der Waals surface area contributed by atoms with Crippen LogP contribution in [0, 0.1) is 0 Å². The molecule has 0 aliphatic carbocycles. The van der Waals surface area contributed by atoms with Crippen molar-refractivity contribution in [3.63, 3.8) is 0 Å². The Bertz CT molecular complexity index is 800. The molecule has 0 spiro atoms. The van der Waals surface area contributed by atoms with Crippen LogP contribution in [0.4, 0.5) is 0 Å². The number of nitrogens with one attached hydrogen (secondary N) is 2. The lowest BCUT2D eigenvalue weighted by atomic mass is 10.1. The average molecular weight is 405 g/mol. The minimum absolute atomic E-state index is 0.0167. The van der Waals surface area contributed by atoms with Crippen molar-refractivity contribution < 1.29 is 14.3 Å². The quantitative estimate of drug-likeness (QED) is 0.715. The molecule has 1 aromatic carbocycles. The van der Waals surface area contributed by atoms with Crippen LogP contribution in [0.25, 0.3) is 0 Å². The summed E-state index contributed by atoms with van der Waals surface area (Å²) in [7, 11) is 1.98. The van der Waals surface area contributed by atoms with Gasteiger partial charge in [0.1, 0.15) is 0 Å². The average Bonchev–Trinajstić information content (AvgIpc) is 3.14. The lowest BCUT2D eigenvalue weighted by Crippen LogP contribution is -2.47. The van der Waals surface area contributed by atoms with E-state index in [2.05, 4.69) is 15.5 Å². The van der Waals surface area contributed by atoms with Gasteiger partial charge in [-0.2, -0.15) is 0 Å². The Morgan fingerprint density at radius 2 is 1.79 bits per heavy atom. The molecule has 8 heteroatoms. The van der Waals surface area contributed by atoms with E-state index in [1.807, 2.05) is 42.1 Å². The number of rotatable bonds is 6. The second-order valence-electron chi connectivity index (χ2n) is 6.73. The Hall–Kier alpha value is -2.35. The lowest BCUT2D eigenvalue weighted by Gasteiger charge is -2.34. The van der Waals surface area contributed by atoms with Crippen molar-refractivity contribution in [2.75, 3.05) is 32.8 Å². The van der Waals surface area contributed by atoms with Gasteiger partial charge in [0.15, 0.2) is 0 Å². The molecule has 28 heavy (non-hydrogen) atoms. The fourth-order valence-electron chi connectivity index (χ4n) is 3.26. The molecule has 1 unspecified atom stereocenters. The SMILES string of the molecule is Cn1cccc1C(CNC(=O)C(=O)NCc1ccc(Cl)cc1)N1CCOCC1. The van der Waals surface area contributed by atoms with E-state index < -0.39 is 11.8 Å². The van der Waals surface area contributed by atoms with Crippen molar-refractivity contribution in [3.8, 4) is 0 Å². The second kappa shape index (κ2) is 9.73. The number of halogens is 1. The number of ether oxygens (including phenoxy) is 1. The van der Waals surface area contributed by atoms with Crippen LogP contribution >= 0.6 is 11.6 Å². The first-order chi connectivity index (χ1) is 13.5. The van der Waals surface area contributed by atoms with Crippen LogP contribution in [0.2, 0.25) is 5.02 Å². The van der Waals surface area contributed by atoms with E-state index >= 15 is 0 Å². The monoisotopic (exact) mass is 404 g/mol. The molecule has 0 radical (unpaired) electrons.